The van der Waals surface area contributed by atoms with Crippen LogP contribution in [0.2, 0.25) is 0 Å². The van der Waals surface area contributed by atoms with E-state index in [2.05, 4.69) is 15.2 Å². The van der Waals surface area contributed by atoms with Crippen molar-refractivity contribution in [2.24, 2.45) is 0 Å². The molecule has 31 heavy (non-hydrogen) atoms. The van der Waals surface area contributed by atoms with Crippen LogP contribution in [0.25, 0.3) is 16.5 Å². The third kappa shape index (κ3) is 3.56. The predicted octanol–water partition coefficient (Wildman–Crippen LogP) is 3.57. The highest BCUT2D eigenvalue weighted by Crippen LogP contribution is 2.40. The maximum absolute atomic E-state index is 13.7. The normalized spacial score (nSPS) is 15.3. The number of H-pyrrole nitrogens is 1. The van der Waals surface area contributed by atoms with Gasteiger partial charge in [-0.1, -0.05) is 13.8 Å². The number of hydrogen-bond acceptors (Lipinski definition) is 5. The fourth-order valence-electron chi connectivity index (χ4n) is 3.92. The molecule has 1 amide bonds. The molecular formula is C22H20F2N4O3. The van der Waals surface area contributed by atoms with Crippen molar-refractivity contribution in [1.82, 2.24) is 20.1 Å². The van der Waals surface area contributed by atoms with Crippen molar-refractivity contribution < 1.29 is 23.1 Å². The number of amides is 1. The number of nitrogens with zero attached hydrogens (tertiary/aromatic N) is 3. The summed E-state index contributed by atoms with van der Waals surface area (Å²) in [5.41, 5.74) is 1.48. The van der Waals surface area contributed by atoms with Crippen molar-refractivity contribution in [2.45, 2.75) is 26.2 Å². The predicted molar refractivity (Wildman–Crippen MR) is 109 cm³/mol. The van der Waals surface area contributed by atoms with E-state index in [4.69, 9.17) is 4.74 Å². The lowest BCUT2D eigenvalue weighted by Gasteiger charge is -2.29. The minimum absolute atomic E-state index is 0.0320. The molecule has 0 atom stereocenters. The zero-order valence-electron chi connectivity index (χ0n) is 17.2. The number of ether oxygens (including phenoxy) is 1. The molecule has 3 aromatic rings. The van der Waals surface area contributed by atoms with Gasteiger partial charge in [-0.15, -0.1) is 0 Å². The molecule has 3 heterocycles. The first-order valence-corrected chi connectivity index (χ1v) is 9.71. The van der Waals surface area contributed by atoms with Gasteiger partial charge in [-0.3, -0.25) is 4.79 Å². The van der Waals surface area contributed by atoms with Crippen LogP contribution < -0.4 is 0 Å². The highest BCUT2D eigenvalue weighted by Gasteiger charge is 2.37. The largest absolute Gasteiger partial charge is 0.462 e. The molecule has 1 aromatic carbocycles. The number of esters is 1. The van der Waals surface area contributed by atoms with Crippen LogP contribution in [0.3, 0.4) is 0 Å². The monoisotopic (exact) mass is 426 g/mol. The van der Waals surface area contributed by atoms with E-state index < -0.39 is 28.9 Å². The van der Waals surface area contributed by atoms with Gasteiger partial charge in [0.1, 0.15) is 0 Å². The standard InChI is InChI=1S/C22H20F2N4O3/c1-4-31-21(30)14-10-28(20(29)12-5-6-15(23)16(24)7-12)11-22(2,3)18-13-8-25-26-9-17(13)27-19(14)18/h5-10,27H,4,11H2,1-3H3. The van der Waals surface area contributed by atoms with Crippen LogP contribution in [0.5, 0.6) is 0 Å². The number of carbonyl (C=O) groups excluding carboxylic acids is 2. The van der Waals surface area contributed by atoms with Gasteiger partial charge in [0, 0.05) is 29.1 Å². The first kappa shape index (κ1) is 20.6. The average molecular weight is 426 g/mol. The van der Waals surface area contributed by atoms with E-state index in [1.54, 1.807) is 19.3 Å². The fraction of sp³-hybridized carbons (Fsp3) is 0.273. The molecule has 0 radical (unpaired) electrons. The van der Waals surface area contributed by atoms with Crippen molar-refractivity contribution in [3.63, 3.8) is 0 Å². The summed E-state index contributed by atoms with van der Waals surface area (Å²) in [4.78, 5) is 30.5. The molecule has 0 spiro atoms. The maximum Gasteiger partial charge on any atom is 0.341 e. The molecule has 0 aliphatic carbocycles. The molecule has 7 nitrogen and oxygen atoms in total. The zero-order chi connectivity index (χ0) is 22.3. The number of hydrogen-bond donors (Lipinski definition) is 1. The Kier molecular flexibility index (Phi) is 5.04. The van der Waals surface area contributed by atoms with Crippen molar-refractivity contribution in [1.29, 1.82) is 0 Å². The molecule has 0 saturated carbocycles. The number of halogens is 2. The number of rotatable bonds is 3. The van der Waals surface area contributed by atoms with Gasteiger partial charge in [0.25, 0.3) is 5.91 Å². The second kappa shape index (κ2) is 7.57. The van der Waals surface area contributed by atoms with Crippen LogP contribution in [0.15, 0.2) is 36.8 Å². The summed E-state index contributed by atoms with van der Waals surface area (Å²) < 4.78 is 32.3. The number of carbonyl (C=O) groups is 2. The van der Waals surface area contributed by atoms with E-state index in [0.717, 1.165) is 23.1 Å². The summed E-state index contributed by atoms with van der Waals surface area (Å²) in [6.07, 6.45) is 4.56. The minimum Gasteiger partial charge on any atom is -0.462 e. The van der Waals surface area contributed by atoms with E-state index in [9.17, 15) is 18.4 Å². The van der Waals surface area contributed by atoms with Gasteiger partial charge in [0.2, 0.25) is 0 Å². The summed E-state index contributed by atoms with van der Waals surface area (Å²) in [7, 11) is 0. The molecule has 1 aliphatic rings. The van der Waals surface area contributed by atoms with Crippen LogP contribution in [0.4, 0.5) is 8.78 Å². The van der Waals surface area contributed by atoms with Crippen molar-refractivity contribution in [3.8, 4) is 0 Å². The summed E-state index contributed by atoms with van der Waals surface area (Å²) in [5.74, 6) is -3.34. The summed E-state index contributed by atoms with van der Waals surface area (Å²) in [6.45, 7) is 5.86. The Labute approximate surface area is 176 Å². The van der Waals surface area contributed by atoms with Gasteiger partial charge in [-0.05, 0) is 30.7 Å². The van der Waals surface area contributed by atoms with E-state index in [0.29, 0.717) is 11.2 Å². The molecule has 1 N–H and O–H groups in total. The third-order valence-electron chi connectivity index (χ3n) is 5.23. The minimum atomic E-state index is -1.12. The lowest BCUT2D eigenvalue weighted by atomic mass is 9.82. The molecule has 9 heteroatoms. The lowest BCUT2D eigenvalue weighted by Crippen LogP contribution is -2.37. The topological polar surface area (TPSA) is 88.2 Å². The highest BCUT2D eigenvalue weighted by atomic mass is 19.2. The van der Waals surface area contributed by atoms with Crippen LogP contribution >= 0.6 is 0 Å². The van der Waals surface area contributed by atoms with Crippen LogP contribution in [-0.4, -0.2) is 45.1 Å². The van der Waals surface area contributed by atoms with Gasteiger partial charge < -0.3 is 14.6 Å². The first-order valence-electron chi connectivity index (χ1n) is 9.71. The maximum atomic E-state index is 13.7. The second-order valence-electron chi connectivity index (χ2n) is 7.90. The van der Waals surface area contributed by atoms with Gasteiger partial charge in [-0.2, -0.15) is 10.2 Å². The number of aromatic nitrogens is 3. The van der Waals surface area contributed by atoms with E-state index in [1.807, 2.05) is 13.8 Å². The van der Waals surface area contributed by atoms with Crippen molar-refractivity contribution >= 4 is 28.4 Å². The van der Waals surface area contributed by atoms with E-state index in [-0.39, 0.29) is 24.3 Å². The average Bonchev–Trinajstić information content (AvgIpc) is 3.07. The quantitative estimate of drug-likeness (QED) is 0.647. The molecule has 0 saturated heterocycles. The van der Waals surface area contributed by atoms with Gasteiger partial charge in [-0.25, -0.2) is 13.6 Å². The molecule has 0 bridgehead atoms. The van der Waals surface area contributed by atoms with E-state index >= 15 is 0 Å². The Bertz CT molecular complexity index is 1230. The fourth-order valence-corrected chi connectivity index (χ4v) is 3.92. The molecular weight excluding hydrogens is 406 g/mol. The Morgan fingerprint density at radius 3 is 2.65 bits per heavy atom. The van der Waals surface area contributed by atoms with Crippen LogP contribution in [-0.2, 0) is 14.9 Å². The summed E-state index contributed by atoms with van der Waals surface area (Å²) in [5, 5.41) is 8.61. The van der Waals surface area contributed by atoms with E-state index in [1.165, 1.54) is 17.2 Å². The zero-order valence-corrected chi connectivity index (χ0v) is 17.2. The number of nitrogens with one attached hydrogen (secondary N) is 1. The Morgan fingerprint density at radius 1 is 1.19 bits per heavy atom. The van der Waals surface area contributed by atoms with Gasteiger partial charge in [0.15, 0.2) is 11.6 Å². The summed E-state index contributed by atoms with van der Waals surface area (Å²) >= 11 is 0. The molecule has 2 aromatic heterocycles. The van der Waals surface area contributed by atoms with Gasteiger partial charge >= 0.3 is 5.97 Å². The molecule has 0 unspecified atom stereocenters. The molecule has 1 aliphatic heterocycles. The van der Waals surface area contributed by atoms with Crippen LogP contribution in [0, 0.1) is 11.6 Å². The SMILES string of the molecule is CCOC(=O)C1=CN(C(=O)c2ccc(F)c(F)c2)CC(C)(C)c2c1[nH]c1cnncc21. The third-order valence-corrected chi connectivity index (χ3v) is 5.23. The van der Waals surface area contributed by atoms with Crippen molar-refractivity contribution in [2.75, 3.05) is 13.2 Å². The molecule has 160 valence electrons. The van der Waals surface area contributed by atoms with Crippen molar-refractivity contribution in [3.05, 3.63) is 65.2 Å². The number of aromatic amines is 1. The Hall–Kier alpha value is -3.62. The number of benzene rings is 1. The molecule has 0 fully saturated rings. The Balaban J connectivity index is 1.89. The van der Waals surface area contributed by atoms with Crippen LogP contribution in [0.1, 0.15) is 42.4 Å². The highest BCUT2D eigenvalue weighted by molar-refractivity contribution is 6.18. The summed E-state index contributed by atoms with van der Waals surface area (Å²) in [6, 6.07) is 2.95. The smallest absolute Gasteiger partial charge is 0.341 e. The molecule has 4 rings (SSSR count). The Morgan fingerprint density at radius 2 is 1.94 bits per heavy atom. The number of fused-ring (bicyclic) bond motifs is 3. The first-order chi connectivity index (χ1) is 14.7. The van der Waals surface area contributed by atoms with Gasteiger partial charge in [0.05, 0.1) is 35.8 Å². The lowest BCUT2D eigenvalue weighted by molar-refractivity contribution is -0.136. The second-order valence-corrected chi connectivity index (χ2v) is 7.90.